The number of anilines is 1. The summed E-state index contributed by atoms with van der Waals surface area (Å²) in [6.07, 6.45) is -0.335. The van der Waals surface area contributed by atoms with Gasteiger partial charge in [0.15, 0.2) is 5.58 Å². The Morgan fingerprint density at radius 3 is 2.29 bits per heavy atom. The molecule has 1 saturated heterocycles. The van der Waals surface area contributed by atoms with Crippen LogP contribution in [0.5, 0.6) is 0 Å². The van der Waals surface area contributed by atoms with Gasteiger partial charge < -0.3 is 4.42 Å². The summed E-state index contributed by atoms with van der Waals surface area (Å²) in [7, 11) is -4.28. The van der Waals surface area contributed by atoms with Crippen LogP contribution in [-0.2, 0) is 26.2 Å². The first-order chi connectivity index (χ1) is 19.7. The van der Waals surface area contributed by atoms with E-state index in [0.29, 0.717) is 33.8 Å². The van der Waals surface area contributed by atoms with Gasteiger partial charge in [0.05, 0.1) is 17.0 Å². The van der Waals surface area contributed by atoms with Crippen LogP contribution in [0.4, 0.5) is 10.1 Å². The van der Waals surface area contributed by atoms with Crippen molar-refractivity contribution in [2.75, 3.05) is 4.90 Å². The smallest absolute Gasteiger partial charge is 0.252 e. The molecule has 0 spiro atoms. The first kappa shape index (κ1) is 26.5. The average Bonchev–Trinajstić information content (AvgIpc) is 3.53. The van der Waals surface area contributed by atoms with Crippen LogP contribution in [-0.4, -0.2) is 35.6 Å². The van der Waals surface area contributed by atoms with E-state index in [0.717, 1.165) is 39.0 Å². The van der Waals surface area contributed by atoms with E-state index in [2.05, 4.69) is 4.98 Å². The largest absolute Gasteiger partial charge is 0.436 e. The molecule has 4 aromatic carbocycles. The Bertz CT molecular complexity index is 1840. The lowest BCUT2D eigenvalue weighted by Crippen LogP contribution is -2.45. The van der Waals surface area contributed by atoms with Crippen LogP contribution < -0.4 is 4.90 Å². The van der Waals surface area contributed by atoms with Gasteiger partial charge in [0.2, 0.25) is 21.8 Å². The van der Waals surface area contributed by atoms with Gasteiger partial charge in [-0.05, 0) is 73.2 Å². The Hall–Kier alpha value is -4.67. The lowest BCUT2D eigenvalue weighted by atomic mass is 10.1. The van der Waals surface area contributed by atoms with E-state index in [9.17, 15) is 22.4 Å². The maximum absolute atomic E-state index is 13.8. The number of oxazole rings is 1. The number of imide groups is 1. The minimum atomic E-state index is -4.28. The Labute approximate surface area is 235 Å². The van der Waals surface area contributed by atoms with E-state index in [1.54, 1.807) is 36.4 Å². The zero-order chi connectivity index (χ0) is 28.7. The highest BCUT2D eigenvalue weighted by molar-refractivity contribution is 7.89. The SMILES string of the molecule is Cc1ccc(CN(C2CC(=O)N(c3ccc(-c4nc5ccccc5o4)cc3)C2=O)S(=O)(=O)c2ccc(F)cc2)cc1. The third kappa shape index (κ3) is 5.03. The van der Waals surface area contributed by atoms with Crippen molar-refractivity contribution in [3.63, 3.8) is 0 Å². The molecule has 206 valence electrons. The summed E-state index contributed by atoms with van der Waals surface area (Å²) in [5.74, 6) is -1.39. The Morgan fingerprint density at radius 2 is 1.61 bits per heavy atom. The molecule has 0 saturated carbocycles. The number of aromatic nitrogens is 1. The number of hydrogen-bond donors (Lipinski definition) is 0. The molecular weight excluding hydrogens is 545 g/mol. The number of fused-ring (bicyclic) bond motifs is 1. The predicted octanol–water partition coefficient (Wildman–Crippen LogP) is 5.47. The van der Waals surface area contributed by atoms with Gasteiger partial charge in [-0.15, -0.1) is 0 Å². The number of halogens is 1. The zero-order valence-electron chi connectivity index (χ0n) is 21.9. The number of rotatable bonds is 7. The highest BCUT2D eigenvalue weighted by Crippen LogP contribution is 2.32. The van der Waals surface area contributed by atoms with Gasteiger partial charge in [-0.2, -0.15) is 4.31 Å². The van der Waals surface area contributed by atoms with Crippen LogP contribution >= 0.6 is 0 Å². The molecule has 0 aliphatic carbocycles. The van der Waals surface area contributed by atoms with Gasteiger partial charge in [0.25, 0.3) is 5.91 Å². The molecule has 1 aliphatic heterocycles. The summed E-state index contributed by atoms with van der Waals surface area (Å²) in [6, 6.07) is 24.2. The van der Waals surface area contributed by atoms with Crippen molar-refractivity contribution in [1.29, 1.82) is 0 Å². The van der Waals surface area contributed by atoms with Gasteiger partial charge >= 0.3 is 0 Å². The monoisotopic (exact) mass is 569 g/mol. The molecule has 10 heteroatoms. The summed E-state index contributed by atoms with van der Waals surface area (Å²) in [6.45, 7) is 1.76. The van der Waals surface area contributed by atoms with Crippen LogP contribution in [0.3, 0.4) is 0 Å². The van der Waals surface area contributed by atoms with Crippen molar-refractivity contribution < 1.29 is 26.8 Å². The van der Waals surface area contributed by atoms with E-state index in [4.69, 9.17) is 4.42 Å². The van der Waals surface area contributed by atoms with Crippen molar-refractivity contribution in [2.24, 2.45) is 0 Å². The van der Waals surface area contributed by atoms with E-state index in [1.807, 2.05) is 43.3 Å². The Kier molecular flexibility index (Phi) is 6.72. The number of benzene rings is 4. The Morgan fingerprint density at radius 1 is 0.927 bits per heavy atom. The number of para-hydroxylation sites is 2. The van der Waals surface area contributed by atoms with Crippen molar-refractivity contribution in [3.8, 4) is 11.5 Å². The number of aryl methyl sites for hydroxylation is 1. The molecule has 1 aromatic heterocycles. The summed E-state index contributed by atoms with van der Waals surface area (Å²) in [5, 5.41) is 0. The number of carbonyl (C=O) groups excluding carboxylic acids is 2. The van der Waals surface area contributed by atoms with Crippen LogP contribution in [0.15, 0.2) is 106 Å². The topological polar surface area (TPSA) is 101 Å². The fraction of sp³-hybridized carbons (Fsp3) is 0.129. The number of amides is 2. The third-order valence-electron chi connectivity index (χ3n) is 7.02. The number of carbonyl (C=O) groups is 2. The maximum Gasteiger partial charge on any atom is 0.252 e. The number of hydrogen-bond acceptors (Lipinski definition) is 6. The van der Waals surface area contributed by atoms with E-state index < -0.39 is 33.7 Å². The molecule has 5 aromatic rings. The van der Waals surface area contributed by atoms with Gasteiger partial charge in [0, 0.05) is 12.1 Å². The fourth-order valence-corrected chi connectivity index (χ4v) is 6.41. The molecule has 0 bridgehead atoms. The predicted molar refractivity (Wildman–Crippen MR) is 151 cm³/mol. The molecule has 1 atom stereocenters. The second-order valence-corrected chi connectivity index (χ2v) is 11.7. The van der Waals surface area contributed by atoms with Crippen molar-refractivity contribution in [2.45, 2.75) is 30.8 Å². The molecule has 1 aliphatic rings. The minimum Gasteiger partial charge on any atom is -0.436 e. The highest BCUT2D eigenvalue weighted by Gasteiger charge is 2.47. The molecule has 0 N–H and O–H groups in total. The summed E-state index contributed by atoms with van der Waals surface area (Å²) in [5.41, 5.74) is 3.92. The second-order valence-electron chi connectivity index (χ2n) is 9.81. The number of nitrogens with zero attached hydrogens (tertiary/aromatic N) is 3. The third-order valence-corrected chi connectivity index (χ3v) is 8.88. The lowest BCUT2D eigenvalue weighted by molar-refractivity contribution is -0.122. The normalized spacial score (nSPS) is 15.8. The molecule has 41 heavy (non-hydrogen) atoms. The average molecular weight is 570 g/mol. The van der Waals surface area contributed by atoms with E-state index >= 15 is 0 Å². The van der Waals surface area contributed by atoms with Crippen LogP contribution in [0.25, 0.3) is 22.6 Å². The van der Waals surface area contributed by atoms with Crippen molar-refractivity contribution in [1.82, 2.24) is 9.29 Å². The highest BCUT2D eigenvalue weighted by atomic mass is 32.2. The summed E-state index contributed by atoms with van der Waals surface area (Å²) < 4.78 is 48.0. The molecular formula is C31H24FN3O5S. The Balaban J connectivity index is 1.32. The van der Waals surface area contributed by atoms with Gasteiger partial charge in [-0.3, -0.25) is 9.59 Å². The first-order valence-corrected chi connectivity index (χ1v) is 14.3. The van der Waals surface area contributed by atoms with Crippen LogP contribution in [0, 0.1) is 12.7 Å². The molecule has 2 amide bonds. The van der Waals surface area contributed by atoms with Gasteiger partial charge in [-0.25, -0.2) is 22.7 Å². The van der Waals surface area contributed by atoms with E-state index in [-0.39, 0.29) is 17.9 Å². The second kappa shape index (κ2) is 10.4. The van der Waals surface area contributed by atoms with Crippen LogP contribution in [0.1, 0.15) is 17.5 Å². The maximum atomic E-state index is 13.8. The standard InChI is InChI=1S/C31H24FN3O5S/c1-20-6-8-21(9-7-20)19-34(41(38,39)25-16-12-23(32)13-17-25)27-18-29(36)35(31(27)37)24-14-10-22(11-15-24)30-33-26-4-2-3-5-28(26)40-30/h2-17,27H,18-19H2,1H3. The molecule has 1 fully saturated rings. The molecule has 2 heterocycles. The quantitative estimate of drug-likeness (QED) is 0.241. The van der Waals surface area contributed by atoms with Gasteiger partial charge in [0.1, 0.15) is 17.4 Å². The van der Waals surface area contributed by atoms with Crippen LogP contribution in [0.2, 0.25) is 0 Å². The first-order valence-electron chi connectivity index (χ1n) is 12.9. The fourth-order valence-electron chi connectivity index (χ4n) is 4.84. The molecule has 0 radical (unpaired) electrons. The lowest BCUT2D eigenvalue weighted by Gasteiger charge is -2.27. The molecule has 1 unspecified atom stereocenters. The minimum absolute atomic E-state index is 0.145. The van der Waals surface area contributed by atoms with Crippen molar-refractivity contribution in [3.05, 3.63) is 114 Å². The number of sulfonamides is 1. The molecule has 6 rings (SSSR count). The zero-order valence-corrected chi connectivity index (χ0v) is 22.7. The van der Waals surface area contributed by atoms with E-state index in [1.165, 1.54) is 0 Å². The van der Waals surface area contributed by atoms with Gasteiger partial charge in [-0.1, -0.05) is 42.0 Å². The summed E-state index contributed by atoms with van der Waals surface area (Å²) >= 11 is 0. The summed E-state index contributed by atoms with van der Waals surface area (Å²) in [4.78, 5) is 32.2. The molecule has 8 nitrogen and oxygen atoms in total. The van der Waals surface area contributed by atoms with Crippen molar-refractivity contribution >= 4 is 38.6 Å².